The summed E-state index contributed by atoms with van der Waals surface area (Å²) in [6.07, 6.45) is 1.47. The number of aryl methyl sites for hydroxylation is 2. The van der Waals surface area contributed by atoms with Gasteiger partial charge in [0.2, 0.25) is 11.8 Å². The van der Waals surface area contributed by atoms with Gasteiger partial charge in [-0.3, -0.25) is 14.4 Å². The second-order valence-electron chi connectivity index (χ2n) is 6.66. The number of rotatable bonds is 8. The molecule has 0 bridgehead atoms. The average Bonchev–Trinajstić information content (AvgIpc) is 2.69. The summed E-state index contributed by atoms with van der Waals surface area (Å²) in [5, 5.41) is 6.67. The van der Waals surface area contributed by atoms with E-state index < -0.39 is 5.97 Å². The molecule has 0 saturated heterocycles. The maximum atomic E-state index is 12.0. The molecule has 0 aliphatic heterocycles. The van der Waals surface area contributed by atoms with Crippen molar-refractivity contribution in [3.63, 3.8) is 0 Å². The van der Waals surface area contributed by atoms with Crippen molar-refractivity contribution in [2.75, 3.05) is 12.4 Å². The summed E-state index contributed by atoms with van der Waals surface area (Å²) in [4.78, 5) is 35.0. The van der Waals surface area contributed by atoms with Gasteiger partial charge in [0.1, 0.15) is 0 Å². The fraction of sp³-hybridized carbons (Fsp3) is 0.273. The molecule has 0 aromatic heterocycles. The number of amides is 2. The van der Waals surface area contributed by atoms with Crippen LogP contribution in [0.15, 0.2) is 41.5 Å². The number of hydrazone groups is 1. The van der Waals surface area contributed by atoms with Crippen molar-refractivity contribution in [3.8, 4) is 11.5 Å². The zero-order valence-corrected chi connectivity index (χ0v) is 17.4. The van der Waals surface area contributed by atoms with Crippen molar-refractivity contribution < 1.29 is 23.9 Å². The van der Waals surface area contributed by atoms with Crippen LogP contribution in [-0.2, 0) is 14.4 Å². The molecule has 0 radical (unpaired) electrons. The number of nitrogens with zero attached hydrogens (tertiary/aromatic N) is 1. The van der Waals surface area contributed by atoms with Crippen LogP contribution in [0.2, 0.25) is 0 Å². The molecular formula is C22H25N3O5. The molecule has 0 unspecified atom stereocenters. The number of carbonyl (C=O) groups is 3. The molecule has 2 amide bonds. The first-order valence-electron chi connectivity index (χ1n) is 9.34. The van der Waals surface area contributed by atoms with E-state index in [1.807, 2.05) is 32.0 Å². The van der Waals surface area contributed by atoms with Gasteiger partial charge in [0.15, 0.2) is 11.5 Å². The van der Waals surface area contributed by atoms with E-state index in [2.05, 4.69) is 15.8 Å². The first-order chi connectivity index (χ1) is 14.3. The second-order valence-corrected chi connectivity index (χ2v) is 6.66. The fourth-order valence-corrected chi connectivity index (χ4v) is 2.63. The highest BCUT2D eigenvalue weighted by Crippen LogP contribution is 2.27. The average molecular weight is 411 g/mol. The largest absolute Gasteiger partial charge is 0.493 e. The number of hydrogen-bond donors (Lipinski definition) is 2. The molecule has 2 aromatic rings. The van der Waals surface area contributed by atoms with Crippen LogP contribution in [0.3, 0.4) is 0 Å². The van der Waals surface area contributed by atoms with Gasteiger partial charge in [-0.2, -0.15) is 5.10 Å². The SMILES string of the molecule is COc1cc(C=NNC(=O)CCC(=O)Nc2ccc(C)cc2C)ccc1OC(C)=O. The molecule has 8 nitrogen and oxygen atoms in total. The molecule has 0 atom stereocenters. The summed E-state index contributed by atoms with van der Waals surface area (Å²) >= 11 is 0. The Morgan fingerprint density at radius 2 is 1.73 bits per heavy atom. The Morgan fingerprint density at radius 3 is 2.40 bits per heavy atom. The Balaban J connectivity index is 1.83. The van der Waals surface area contributed by atoms with Crippen molar-refractivity contribution in [1.82, 2.24) is 5.43 Å². The molecule has 0 aliphatic rings. The van der Waals surface area contributed by atoms with E-state index in [1.165, 1.54) is 20.2 Å². The van der Waals surface area contributed by atoms with Crippen LogP contribution < -0.4 is 20.2 Å². The summed E-state index contributed by atoms with van der Waals surface area (Å²) in [7, 11) is 1.45. The maximum absolute atomic E-state index is 12.0. The number of esters is 1. The van der Waals surface area contributed by atoms with E-state index in [-0.39, 0.29) is 24.7 Å². The van der Waals surface area contributed by atoms with Crippen molar-refractivity contribution >= 4 is 29.7 Å². The van der Waals surface area contributed by atoms with Gasteiger partial charge in [0.05, 0.1) is 13.3 Å². The Kier molecular flexibility index (Phi) is 8.10. The third-order valence-corrected chi connectivity index (χ3v) is 4.08. The Labute approximate surface area is 175 Å². The number of anilines is 1. The highest BCUT2D eigenvalue weighted by molar-refractivity contribution is 5.94. The Bertz CT molecular complexity index is 969. The lowest BCUT2D eigenvalue weighted by Gasteiger charge is -2.09. The van der Waals surface area contributed by atoms with Crippen molar-refractivity contribution in [2.45, 2.75) is 33.6 Å². The van der Waals surface area contributed by atoms with Crippen LogP contribution in [-0.4, -0.2) is 31.1 Å². The first-order valence-corrected chi connectivity index (χ1v) is 9.34. The molecule has 0 spiro atoms. The van der Waals surface area contributed by atoms with Gasteiger partial charge in [0.25, 0.3) is 0 Å². The topological polar surface area (TPSA) is 106 Å². The van der Waals surface area contributed by atoms with E-state index in [0.29, 0.717) is 17.1 Å². The molecular weight excluding hydrogens is 386 g/mol. The molecule has 2 rings (SSSR count). The molecule has 0 heterocycles. The molecule has 2 aromatic carbocycles. The minimum Gasteiger partial charge on any atom is -0.493 e. The minimum absolute atomic E-state index is 0.00277. The summed E-state index contributed by atoms with van der Waals surface area (Å²) in [5.41, 5.74) is 5.82. The first kappa shape index (κ1) is 22.6. The lowest BCUT2D eigenvalue weighted by atomic mass is 10.1. The maximum Gasteiger partial charge on any atom is 0.308 e. The summed E-state index contributed by atoms with van der Waals surface area (Å²) in [5.74, 6) is -0.425. The molecule has 0 saturated carbocycles. The van der Waals surface area contributed by atoms with Crippen molar-refractivity contribution in [2.24, 2.45) is 5.10 Å². The monoisotopic (exact) mass is 411 g/mol. The van der Waals surface area contributed by atoms with E-state index in [1.54, 1.807) is 18.2 Å². The van der Waals surface area contributed by atoms with Crippen molar-refractivity contribution in [3.05, 3.63) is 53.1 Å². The minimum atomic E-state index is -0.455. The Hall–Kier alpha value is -3.68. The van der Waals surface area contributed by atoms with Gasteiger partial charge in [-0.05, 0) is 49.2 Å². The highest BCUT2D eigenvalue weighted by atomic mass is 16.6. The Morgan fingerprint density at radius 1 is 1.00 bits per heavy atom. The van der Waals surface area contributed by atoms with E-state index >= 15 is 0 Å². The zero-order chi connectivity index (χ0) is 22.1. The van der Waals surface area contributed by atoms with E-state index in [9.17, 15) is 14.4 Å². The fourth-order valence-electron chi connectivity index (χ4n) is 2.63. The number of ether oxygens (including phenoxy) is 2. The quantitative estimate of drug-likeness (QED) is 0.300. The van der Waals surface area contributed by atoms with Crippen LogP contribution in [0.25, 0.3) is 0 Å². The molecule has 0 fully saturated rings. The van der Waals surface area contributed by atoms with Gasteiger partial charge in [-0.15, -0.1) is 0 Å². The molecule has 0 aliphatic carbocycles. The van der Waals surface area contributed by atoms with Gasteiger partial charge in [-0.25, -0.2) is 5.43 Å². The standard InChI is InChI=1S/C22H25N3O5/c1-14-5-7-18(15(2)11-14)24-21(27)9-10-22(28)25-23-13-17-6-8-19(30-16(3)26)20(12-17)29-4/h5-8,11-13H,9-10H2,1-4H3,(H,24,27)(H,25,28). The van der Waals surface area contributed by atoms with Crippen LogP contribution in [0, 0.1) is 13.8 Å². The summed E-state index contributed by atoms with van der Waals surface area (Å²) in [6.45, 7) is 5.19. The molecule has 158 valence electrons. The lowest BCUT2D eigenvalue weighted by Crippen LogP contribution is -2.20. The lowest BCUT2D eigenvalue weighted by molar-refractivity contribution is -0.132. The van der Waals surface area contributed by atoms with Crippen LogP contribution in [0.4, 0.5) is 5.69 Å². The second kappa shape index (κ2) is 10.8. The summed E-state index contributed by atoms with van der Waals surface area (Å²) < 4.78 is 10.2. The van der Waals surface area contributed by atoms with Crippen molar-refractivity contribution in [1.29, 1.82) is 0 Å². The third kappa shape index (κ3) is 7.05. The van der Waals surface area contributed by atoms with Gasteiger partial charge in [0, 0.05) is 25.5 Å². The van der Waals surface area contributed by atoms with Crippen LogP contribution >= 0.6 is 0 Å². The molecule has 30 heavy (non-hydrogen) atoms. The van der Waals surface area contributed by atoms with E-state index in [4.69, 9.17) is 9.47 Å². The predicted molar refractivity (Wildman–Crippen MR) is 114 cm³/mol. The van der Waals surface area contributed by atoms with Gasteiger partial charge < -0.3 is 14.8 Å². The van der Waals surface area contributed by atoms with Gasteiger partial charge in [-0.1, -0.05) is 17.7 Å². The summed E-state index contributed by atoms with van der Waals surface area (Å²) in [6, 6.07) is 10.6. The number of benzene rings is 2. The number of methoxy groups -OCH3 is 1. The molecule has 2 N–H and O–H groups in total. The number of hydrogen-bond acceptors (Lipinski definition) is 6. The smallest absolute Gasteiger partial charge is 0.308 e. The van der Waals surface area contributed by atoms with E-state index in [0.717, 1.165) is 16.8 Å². The predicted octanol–water partition coefficient (Wildman–Crippen LogP) is 3.11. The van der Waals surface area contributed by atoms with Gasteiger partial charge >= 0.3 is 5.97 Å². The number of carbonyl (C=O) groups excluding carboxylic acids is 3. The van der Waals surface area contributed by atoms with Crippen LogP contribution in [0.5, 0.6) is 11.5 Å². The number of nitrogens with one attached hydrogen (secondary N) is 2. The molecule has 8 heteroatoms. The van der Waals surface area contributed by atoms with Crippen LogP contribution in [0.1, 0.15) is 36.5 Å². The normalized spacial score (nSPS) is 10.5. The highest BCUT2D eigenvalue weighted by Gasteiger charge is 2.09. The third-order valence-electron chi connectivity index (χ3n) is 4.08. The zero-order valence-electron chi connectivity index (χ0n) is 17.4.